The molecule has 2 heteroatoms. The van der Waals surface area contributed by atoms with Crippen molar-refractivity contribution >= 4 is 8.07 Å². The standard InChI is InChI=1S/C22H33NSi/c1-17-10-6-9-13-20(17)21-15-19(14-18-11-7-8-12-18)22(16-23(21)2)24(3,4)5/h6,9-10,13,15-16,18,21H,7-8,11-12,14H2,1-5H3. The molecule has 0 saturated heterocycles. The van der Waals surface area contributed by atoms with Crippen LogP contribution in [-0.2, 0) is 0 Å². The van der Waals surface area contributed by atoms with Crippen molar-refractivity contribution in [1.29, 1.82) is 0 Å². The van der Waals surface area contributed by atoms with Gasteiger partial charge in [-0.3, -0.25) is 0 Å². The zero-order valence-corrected chi connectivity index (χ0v) is 17.1. The minimum atomic E-state index is -1.33. The molecule has 130 valence electrons. The molecule has 1 atom stereocenters. The summed E-state index contributed by atoms with van der Waals surface area (Å²) in [6.07, 6.45) is 12.1. The number of benzene rings is 1. The predicted octanol–water partition coefficient (Wildman–Crippen LogP) is 6.25. The van der Waals surface area contributed by atoms with Crippen molar-refractivity contribution in [2.45, 2.75) is 64.7 Å². The van der Waals surface area contributed by atoms with Gasteiger partial charge in [-0.1, -0.05) is 75.7 Å². The molecule has 1 heterocycles. The molecule has 0 bridgehead atoms. The number of nitrogens with zero attached hydrogens (tertiary/aromatic N) is 1. The van der Waals surface area contributed by atoms with Crippen LogP contribution in [0, 0.1) is 12.8 Å². The third-order valence-electron chi connectivity index (χ3n) is 5.77. The van der Waals surface area contributed by atoms with Crippen LogP contribution in [0.5, 0.6) is 0 Å². The molecule has 2 aliphatic rings. The molecule has 0 radical (unpaired) electrons. The van der Waals surface area contributed by atoms with Crippen LogP contribution in [0.4, 0.5) is 0 Å². The molecule has 1 aromatic carbocycles. The predicted molar refractivity (Wildman–Crippen MR) is 108 cm³/mol. The number of rotatable bonds is 4. The number of aryl methyl sites for hydroxylation is 1. The Morgan fingerprint density at radius 3 is 2.38 bits per heavy atom. The van der Waals surface area contributed by atoms with Gasteiger partial charge in [0, 0.05) is 7.05 Å². The first kappa shape index (κ1) is 17.5. The van der Waals surface area contributed by atoms with E-state index < -0.39 is 8.07 Å². The van der Waals surface area contributed by atoms with E-state index in [2.05, 4.69) is 75.1 Å². The van der Waals surface area contributed by atoms with Gasteiger partial charge in [-0.2, -0.15) is 0 Å². The molecular weight excluding hydrogens is 306 g/mol. The van der Waals surface area contributed by atoms with Gasteiger partial charge in [0.15, 0.2) is 0 Å². The Balaban J connectivity index is 1.96. The zero-order valence-electron chi connectivity index (χ0n) is 16.1. The van der Waals surface area contributed by atoms with E-state index in [1.54, 1.807) is 10.8 Å². The van der Waals surface area contributed by atoms with Crippen LogP contribution >= 0.6 is 0 Å². The Kier molecular flexibility index (Phi) is 5.05. The van der Waals surface area contributed by atoms with Crippen molar-refractivity contribution in [2.75, 3.05) is 7.05 Å². The Bertz CT molecular complexity index is 644. The van der Waals surface area contributed by atoms with Crippen molar-refractivity contribution in [2.24, 2.45) is 5.92 Å². The van der Waals surface area contributed by atoms with E-state index in [0.29, 0.717) is 6.04 Å². The van der Waals surface area contributed by atoms with Crippen LogP contribution in [0.15, 0.2) is 47.3 Å². The summed E-state index contributed by atoms with van der Waals surface area (Å²) in [5.74, 6) is 0.914. The van der Waals surface area contributed by atoms with Crippen molar-refractivity contribution in [3.05, 3.63) is 58.4 Å². The second kappa shape index (κ2) is 6.91. The minimum absolute atomic E-state index is 0.391. The molecule has 3 rings (SSSR count). The lowest BCUT2D eigenvalue weighted by Crippen LogP contribution is -2.33. The summed E-state index contributed by atoms with van der Waals surface area (Å²) >= 11 is 0. The Morgan fingerprint density at radius 2 is 1.75 bits per heavy atom. The van der Waals surface area contributed by atoms with Gasteiger partial charge in [-0.05, 0) is 47.4 Å². The molecule has 1 nitrogen and oxygen atoms in total. The van der Waals surface area contributed by atoms with Gasteiger partial charge in [0.05, 0.1) is 14.1 Å². The van der Waals surface area contributed by atoms with Crippen LogP contribution in [0.25, 0.3) is 0 Å². The van der Waals surface area contributed by atoms with Gasteiger partial charge < -0.3 is 4.90 Å². The van der Waals surface area contributed by atoms with Gasteiger partial charge >= 0.3 is 0 Å². The quantitative estimate of drug-likeness (QED) is 0.586. The molecule has 24 heavy (non-hydrogen) atoms. The molecule has 0 spiro atoms. The topological polar surface area (TPSA) is 3.24 Å². The maximum Gasteiger partial charge on any atom is 0.0798 e. The van der Waals surface area contributed by atoms with E-state index in [1.165, 1.54) is 43.2 Å². The fourth-order valence-corrected chi connectivity index (χ4v) is 6.11. The first-order chi connectivity index (χ1) is 11.4. The summed E-state index contributed by atoms with van der Waals surface area (Å²) in [6, 6.07) is 9.26. The average molecular weight is 340 g/mol. The van der Waals surface area contributed by atoms with Gasteiger partial charge in [0.1, 0.15) is 0 Å². The summed E-state index contributed by atoms with van der Waals surface area (Å²) in [5, 5.41) is 1.67. The van der Waals surface area contributed by atoms with Gasteiger partial charge in [0.2, 0.25) is 0 Å². The van der Waals surface area contributed by atoms with E-state index in [1.807, 2.05) is 0 Å². The molecule has 1 fully saturated rings. The molecule has 1 aliphatic heterocycles. The van der Waals surface area contributed by atoms with Gasteiger partial charge in [0.25, 0.3) is 0 Å². The van der Waals surface area contributed by atoms with Gasteiger partial charge in [-0.25, -0.2) is 0 Å². The van der Waals surface area contributed by atoms with Crippen LogP contribution in [0.1, 0.15) is 49.3 Å². The fraction of sp³-hybridized carbons (Fsp3) is 0.545. The van der Waals surface area contributed by atoms with Crippen LogP contribution in [0.3, 0.4) is 0 Å². The minimum Gasteiger partial charge on any atom is -0.370 e. The van der Waals surface area contributed by atoms with Crippen molar-refractivity contribution in [3.63, 3.8) is 0 Å². The van der Waals surface area contributed by atoms with E-state index in [0.717, 1.165) is 5.92 Å². The zero-order chi connectivity index (χ0) is 17.3. The largest absolute Gasteiger partial charge is 0.370 e. The van der Waals surface area contributed by atoms with Crippen molar-refractivity contribution < 1.29 is 0 Å². The highest BCUT2D eigenvalue weighted by Gasteiger charge is 2.31. The molecular formula is C22H33NSi. The van der Waals surface area contributed by atoms with Crippen molar-refractivity contribution in [3.8, 4) is 0 Å². The second-order valence-electron chi connectivity index (χ2n) is 8.81. The molecule has 1 aromatic rings. The molecule has 0 N–H and O–H groups in total. The second-order valence-corrected chi connectivity index (χ2v) is 13.8. The molecule has 1 aliphatic carbocycles. The highest BCUT2D eigenvalue weighted by Crippen LogP contribution is 2.40. The number of hydrogen-bond acceptors (Lipinski definition) is 1. The third-order valence-corrected chi connectivity index (χ3v) is 7.84. The molecule has 1 saturated carbocycles. The van der Waals surface area contributed by atoms with E-state index >= 15 is 0 Å². The SMILES string of the molecule is Cc1ccccc1C1C=C(CC2CCCC2)C([Si](C)(C)C)=CN1C. The molecule has 1 unspecified atom stereocenters. The average Bonchev–Trinajstić information content (AvgIpc) is 3.01. The number of likely N-dealkylation sites (N-methyl/N-ethyl adjacent to an activating group) is 1. The lowest BCUT2D eigenvalue weighted by atomic mass is 9.91. The first-order valence-corrected chi connectivity index (χ1v) is 13.1. The third kappa shape index (κ3) is 3.69. The summed E-state index contributed by atoms with van der Waals surface area (Å²) in [5.41, 5.74) is 4.51. The smallest absolute Gasteiger partial charge is 0.0798 e. The lowest BCUT2D eigenvalue weighted by molar-refractivity contribution is 0.381. The Hall–Kier alpha value is -1.28. The maximum atomic E-state index is 2.59. The lowest BCUT2D eigenvalue weighted by Gasteiger charge is -2.37. The van der Waals surface area contributed by atoms with E-state index in [-0.39, 0.29) is 0 Å². The highest BCUT2D eigenvalue weighted by atomic mass is 28.3. The van der Waals surface area contributed by atoms with Crippen LogP contribution < -0.4 is 0 Å². The Morgan fingerprint density at radius 1 is 1.08 bits per heavy atom. The summed E-state index contributed by atoms with van der Waals surface area (Å²) < 4.78 is 0. The molecule has 0 amide bonds. The van der Waals surface area contributed by atoms with Crippen molar-refractivity contribution in [1.82, 2.24) is 4.90 Å². The van der Waals surface area contributed by atoms with Crippen LogP contribution in [-0.4, -0.2) is 20.0 Å². The van der Waals surface area contributed by atoms with E-state index in [4.69, 9.17) is 0 Å². The normalized spacial score (nSPS) is 22.5. The molecule has 0 aromatic heterocycles. The number of allylic oxidation sites excluding steroid dienone is 2. The summed E-state index contributed by atoms with van der Waals surface area (Å²) in [7, 11) is 0.924. The monoisotopic (exact) mass is 339 g/mol. The van der Waals surface area contributed by atoms with Crippen LogP contribution in [0.2, 0.25) is 19.6 Å². The first-order valence-electron chi connectivity index (χ1n) is 9.57. The summed E-state index contributed by atoms with van der Waals surface area (Å²) in [6.45, 7) is 9.71. The number of hydrogen-bond donors (Lipinski definition) is 0. The summed E-state index contributed by atoms with van der Waals surface area (Å²) in [4.78, 5) is 2.44. The maximum absolute atomic E-state index is 2.59. The van der Waals surface area contributed by atoms with E-state index in [9.17, 15) is 0 Å². The van der Waals surface area contributed by atoms with Gasteiger partial charge in [-0.15, -0.1) is 0 Å². The Labute approximate surface area is 149 Å². The fourth-order valence-electron chi connectivity index (χ4n) is 4.37. The highest BCUT2D eigenvalue weighted by molar-refractivity contribution is 6.84.